The van der Waals surface area contributed by atoms with Gasteiger partial charge in [-0.1, -0.05) is 83.5 Å². The second-order valence-electron chi connectivity index (χ2n) is 20.0. The quantitative estimate of drug-likeness (QED) is 0.0831. The molecule has 4 atom stereocenters. The predicted molar refractivity (Wildman–Crippen MR) is 287 cm³/mol. The fourth-order valence-electron chi connectivity index (χ4n) is 10.1. The van der Waals surface area contributed by atoms with Gasteiger partial charge in [0.05, 0.1) is 57.3 Å². The number of rotatable bonds is 11. The van der Waals surface area contributed by atoms with Gasteiger partial charge in [0.15, 0.2) is 5.65 Å². The molecule has 2 amide bonds. The lowest BCUT2D eigenvalue weighted by Crippen LogP contribution is -2.46. The van der Waals surface area contributed by atoms with Crippen LogP contribution in [0.3, 0.4) is 0 Å². The zero-order valence-electron chi connectivity index (χ0n) is 40.4. The van der Waals surface area contributed by atoms with Gasteiger partial charge in [0.2, 0.25) is 29.7 Å². The van der Waals surface area contributed by atoms with Gasteiger partial charge < -0.3 is 41.8 Å². The summed E-state index contributed by atoms with van der Waals surface area (Å²) in [5.74, 6) is 1.95. The van der Waals surface area contributed by atoms with Crippen molar-refractivity contribution >= 4 is 133 Å². The number of hydrogen-bond acceptors (Lipinski definition) is 13. The number of aliphatic imine (C=N–C) groups is 1. The highest BCUT2D eigenvalue weighted by atomic mass is 35.5. The van der Waals surface area contributed by atoms with E-state index in [0.717, 1.165) is 24.2 Å². The molecule has 2 saturated carbocycles. The third-order valence-electron chi connectivity index (χ3n) is 14.8. The molecule has 0 spiro atoms. The molecule has 0 bridgehead atoms. The van der Waals surface area contributed by atoms with Crippen LogP contribution in [0, 0.1) is 10.8 Å². The number of hydrogen-bond donors (Lipinski definition) is 5. The van der Waals surface area contributed by atoms with Crippen LogP contribution in [-0.2, 0) is 25.5 Å². The standard InChI is InChI=1S/C25H28Cl3FN6O2.C24H27Cl3FN7O2/c1-25(23(30)36)5-2-15(3-6-25)35-20(33-21-16(27)9-14(26)10-17(21)28)8-13-11-31-24(34-22(13)35)32-19-4-7-37-12-18(19)29;1-24(21(29)36)5-2-13(3-6-24)35-20-18(10-30-22(34-20)31-17-4-7-37-11-16(17)28)32-23(35)33-19-14(26)8-12(25)9-15(19)27/h9-11,15,18-19H,2-8,12H2,1H3,(H2,30,36)(H,31,32,34);8-10,13,16-17H,2-7,11H2,1H3,(H2,29,36)(H,32,33)(H,30,31,34)/t15?,18-,19-,25?;13?,16-,17-,24?/m11/s1. The van der Waals surface area contributed by atoms with E-state index in [1.54, 1.807) is 36.7 Å². The lowest BCUT2D eigenvalue weighted by molar-refractivity contribution is -0.129. The van der Waals surface area contributed by atoms with Crippen LogP contribution in [0.5, 0.6) is 0 Å². The minimum Gasteiger partial charge on any atom is -0.378 e. The van der Waals surface area contributed by atoms with Gasteiger partial charge in [0, 0.05) is 64.4 Å². The van der Waals surface area contributed by atoms with Gasteiger partial charge in [0.25, 0.3) is 0 Å². The number of halogens is 8. The summed E-state index contributed by atoms with van der Waals surface area (Å²) in [6.45, 7) is 4.85. The first-order valence-corrected chi connectivity index (χ1v) is 26.7. The van der Waals surface area contributed by atoms with Gasteiger partial charge in [-0.2, -0.15) is 9.97 Å². The van der Waals surface area contributed by atoms with Crippen molar-refractivity contribution in [3.63, 3.8) is 0 Å². The highest BCUT2D eigenvalue weighted by Crippen LogP contribution is 2.46. The van der Waals surface area contributed by atoms with Gasteiger partial charge in [0.1, 0.15) is 35.2 Å². The van der Waals surface area contributed by atoms with Gasteiger partial charge in [-0.05, 0) is 88.5 Å². The molecule has 74 heavy (non-hydrogen) atoms. The first kappa shape index (κ1) is 54.2. The fourth-order valence-corrected chi connectivity index (χ4v) is 12.0. The molecule has 2 saturated heterocycles. The average molecular weight is 1140 g/mol. The number of amides is 2. The number of amidine groups is 1. The van der Waals surface area contributed by atoms with Crippen LogP contribution >= 0.6 is 69.6 Å². The number of aromatic nitrogens is 6. The summed E-state index contributed by atoms with van der Waals surface area (Å²) in [6, 6.07) is 5.50. The number of nitrogens with two attached hydrogens (primary N) is 2. The van der Waals surface area contributed by atoms with E-state index < -0.39 is 35.3 Å². The molecule has 25 heteroatoms. The number of carbonyl (C=O) groups is 2. The maximum Gasteiger partial charge on any atom is 0.225 e. The Morgan fingerprint density at radius 1 is 0.703 bits per heavy atom. The highest BCUT2D eigenvalue weighted by Gasteiger charge is 2.42. The Hall–Kier alpha value is -4.60. The molecule has 2 aliphatic carbocycles. The van der Waals surface area contributed by atoms with Crippen molar-refractivity contribution in [3.05, 3.63) is 72.4 Å². The molecule has 17 nitrogen and oxygen atoms in total. The zero-order chi connectivity index (χ0) is 52.6. The van der Waals surface area contributed by atoms with Crippen molar-refractivity contribution in [2.75, 3.05) is 47.3 Å². The van der Waals surface area contributed by atoms with Crippen LogP contribution in [0.25, 0.3) is 11.2 Å². The molecule has 7 N–H and O–H groups in total. The summed E-state index contributed by atoms with van der Waals surface area (Å²) in [6.07, 6.45) is 7.90. The first-order valence-electron chi connectivity index (χ1n) is 24.4. The van der Waals surface area contributed by atoms with Crippen LogP contribution in [-0.4, -0.2) is 104 Å². The monoisotopic (exact) mass is 1140 g/mol. The number of primary amides is 2. The molecule has 5 aliphatic rings. The molecular weight excluding hydrogens is 1090 g/mol. The third-order valence-corrected chi connectivity index (χ3v) is 16.4. The van der Waals surface area contributed by atoms with E-state index >= 15 is 0 Å². The van der Waals surface area contributed by atoms with Crippen molar-refractivity contribution < 1.29 is 27.8 Å². The predicted octanol–water partition coefficient (Wildman–Crippen LogP) is 11.2. The summed E-state index contributed by atoms with van der Waals surface area (Å²) in [7, 11) is 0. The average Bonchev–Trinajstić information content (AvgIpc) is 3.90. The van der Waals surface area contributed by atoms with E-state index in [9.17, 15) is 18.4 Å². The van der Waals surface area contributed by atoms with Crippen molar-refractivity contribution in [1.82, 2.24) is 29.5 Å². The summed E-state index contributed by atoms with van der Waals surface area (Å²) in [5.41, 5.74) is 13.1. The Kier molecular flexibility index (Phi) is 16.5. The number of ether oxygens (including phenoxy) is 2. The molecule has 3 aliphatic heterocycles. The zero-order valence-corrected chi connectivity index (χ0v) is 45.0. The maximum atomic E-state index is 14.4. The molecule has 6 heterocycles. The number of alkyl halides is 2. The van der Waals surface area contributed by atoms with Gasteiger partial charge >= 0.3 is 0 Å². The van der Waals surface area contributed by atoms with Gasteiger partial charge in [-0.15, -0.1) is 0 Å². The molecule has 2 aromatic carbocycles. The molecule has 396 valence electrons. The molecule has 5 aromatic rings. The normalized spacial score (nSPS) is 27.5. The molecule has 0 unspecified atom stereocenters. The third kappa shape index (κ3) is 11.7. The summed E-state index contributed by atoms with van der Waals surface area (Å²) >= 11 is 38.0. The smallest absolute Gasteiger partial charge is 0.225 e. The fraction of sp³-hybridized carbons (Fsp3) is 0.510. The minimum atomic E-state index is -1.16. The Morgan fingerprint density at radius 2 is 1.20 bits per heavy atom. The van der Waals surface area contributed by atoms with Crippen molar-refractivity contribution in [3.8, 4) is 0 Å². The number of anilines is 5. The van der Waals surface area contributed by atoms with Crippen molar-refractivity contribution in [1.29, 1.82) is 0 Å². The summed E-state index contributed by atoms with van der Waals surface area (Å²) < 4.78 is 41.1. The molecule has 10 rings (SSSR count). The molecule has 0 radical (unpaired) electrons. The molecule has 4 fully saturated rings. The van der Waals surface area contributed by atoms with Crippen LogP contribution in [0.1, 0.15) is 89.7 Å². The molecule has 3 aromatic heterocycles. The maximum absolute atomic E-state index is 14.4. The second-order valence-corrected chi connectivity index (χ2v) is 22.5. The second kappa shape index (κ2) is 22.5. The van der Waals surface area contributed by atoms with Crippen molar-refractivity contribution in [2.24, 2.45) is 27.3 Å². The Balaban J connectivity index is 0.000000182. The number of benzene rings is 2. The van der Waals surface area contributed by atoms with E-state index in [4.69, 9.17) is 110 Å². The van der Waals surface area contributed by atoms with E-state index in [-0.39, 0.29) is 37.1 Å². The number of imidazole rings is 1. The van der Waals surface area contributed by atoms with Crippen LogP contribution in [0.4, 0.5) is 43.8 Å². The van der Waals surface area contributed by atoms with Gasteiger partial charge in [-0.25, -0.2) is 28.7 Å². The number of carbonyl (C=O) groups excluding carboxylic acids is 2. The number of nitrogens with one attached hydrogen (secondary N) is 3. The van der Waals surface area contributed by atoms with E-state index in [1.165, 1.54) is 0 Å². The summed E-state index contributed by atoms with van der Waals surface area (Å²) in [4.78, 5) is 54.1. The largest absolute Gasteiger partial charge is 0.378 e. The summed E-state index contributed by atoms with van der Waals surface area (Å²) in [5, 5.41) is 11.7. The van der Waals surface area contributed by atoms with Crippen LogP contribution in [0.15, 0.2) is 41.7 Å². The lowest BCUT2D eigenvalue weighted by atomic mass is 9.73. The molecular formula is C49H55Cl6F2N13O4. The van der Waals surface area contributed by atoms with Crippen LogP contribution < -0.4 is 32.3 Å². The van der Waals surface area contributed by atoms with Crippen LogP contribution in [0.2, 0.25) is 30.1 Å². The number of nitrogens with zero attached hydrogens (tertiary/aromatic N) is 8. The Labute approximate surface area is 456 Å². The van der Waals surface area contributed by atoms with E-state index in [0.29, 0.717) is 147 Å². The lowest BCUT2D eigenvalue weighted by Gasteiger charge is -2.39. The van der Waals surface area contributed by atoms with Gasteiger partial charge in [-0.3, -0.25) is 14.2 Å². The highest BCUT2D eigenvalue weighted by molar-refractivity contribution is 6.42. The topological polar surface area (TPSA) is 226 Å². The SMILES string of the molecule is CC1(C(N)=O)CCC(N2C(=Nc3c(Cl)cc(Cl)cc3Cl)Cc3cnc(N[C@@H]4CCOC[C@H]4F)nc32)CC1.CC1(C(N)=O)CCC(n2c(Nc3c(Cl)cc(Cl)cc3Cl)nc3cnc(N[C@@H]4CCOC[C@H]4F)nc32)CC1. The van der Waals surface area contributed by atoms with E-state index in [2.05, 4.69) is 30.8 Å². The Bertz CT molecular complexity index is 2910. The van der Waals surface area contributed by atoms with Crippen molar-refractivity contribution in [2.45, 2.75) is 121 Å². The number of fused-ring (bicyclic) bond motifs is 2. The minimum absolute atomic E-state index is 0.0250. The van der Waals surface area contributed by atoms with E-state index in [1.807, 2.05) is 18.4 Å². The Morgan fingerprint density at radius 3 is 1.73 bits per heavy atom. The first-order chi connectivity index (χ1) is 35.3.